The number of likely N-dealkylation sites (tertiary alicyclic amines) is 1. The first-order valence-electron chi connectivity index (χ1n) is 10.0. The monoisotopic (exact) mass is 393 g/mol. The number of hydrogen-bond donors (Lipinski definition) is 1. The van der Waals surface area contributed by atoms with Gasteiger partial charge in [-0.15, -0.1) is 11.3 Å². The lowest BCUT2D eigenvalue weighted by Crippen LogP contribution is -2.55. The first kappa shape index (κ1) is 20.3. The van der Waals surface area contributed by atoms with Gasteiger partial charge in [0.1, 0.15) is 11.0 Å². The summed E-state index contributed by atoms with van der Waals surface area (Å²) in [7, 11) is 1.63. The summed E-state index contributed by atoms with van der Waals surface area (Å²) in [6, 6.07) is 0. The van der Waals surface area contributed by atoms with Gasteiger partial charge in [0, 0.05) is 32.7 Å². The third-order valence-electron chi connectivity index (χ3n) is 5.74. The van der Waals surface area contributed by atoms with Crippen molar-refractivity contribution in [3.8, 4) is 0 Å². The molecule has 1 aromatic rings. The van der Waals surface area contributed by atoms with Crippen LogP contribution in [0.25, 0.3) is 0 Å². The van der Waals surface area contributed by atoms with Crippen molar-refractivity contribution in [2.75, 3.05) is 26.7 Å². The first-order valence-corrected chi connectivity index (χ1v) is 10.9. The zero-order chi connectivity index (χ0) is 19.4. The molecule has 1 aromatic heterocycles. The van der Waals surface area contributed by atoms with Crippen LogP contribution in [0.3, 0.4) is 0 Å². The summed E-state index contributed by atoms with van der Waals surface area (Å²) in [5.41, 5.74) is 2.63. The Labute approximate surface area is 165 Å². The molecule has 1 aliphatic carbocycles. The predicted molar refractivity (Wildman–Crippen MR) is 106 cm³/mol. The van der Waals surface area contributed by atoms with E-state index >= 15 is 0 Å². The SMILES string of the molecule is COC(C(=O)NCC1CN(C(=O)c2scnc2C(C)C)C1)C1CCCCC1. The lowest BCUT2D eigenvalue weighted by atomic mass is 9.85. The van der Waals surface area contributed by atoms with Crippen LogP contribution >= 0.6 is 11.3 Å². The van der Waals surface area contributed by atoms with Crippen LogP contribution < -0.4 is 5.32 Å². The van der Waals surface area contributed by atoms with Gasteiger partial charge >= 0.3 is 0 Å². The molecule has 1 saturated carbocycles. The van der Waals surface area contributed by atoms with Crippen LogP contribution in [-0.4, -0.2) is 54.5 Å². The number of methoxy groups -OCH3 is 1. The molecule has 2 heterocycles. The molecule has 3 rings (SSSR count). The zero-order valence-corrected chi connectivity index (χ0v) is 17.4. The van der Waals surface area contributed by atoms with Crippen molar-refractivity contribution < 1.29 is 14.3 Å². The number of carbonyl (C=O) groups excluding carboxylic acids is 2. The van der Waals surface area contributed by atoms with Crippen molar-refractivity contribution in [3.63, 3.8) is 0 Å². The second-order valence-corrected chi connectivity index (χ2v) is 8.95. The topological polar surface area (TPSA) is 71.5 Å². The Hall–Kier alpha value is -1.47. The number of amides is 2. The standard InChI is InChI=1S/C20H31N3O3S/c1-13(2)16-18(27-12-22-16)20(25)23-10-14(11-23)9-21-19(24)17(26-3)15-7-5-4-6-8-15/h12-15,17H,4-11H2,1-3H3,(H,21,24). The van der Waals surface area contributed by atoms with Crippen molar-refractivity contribution in [1.82, 2.24) is 15.2 Å². The molecule has 0 aromatic carbocycles. The van der Waals surface area contributed by atoms with E-state index in [1.807, 2.05) is 4.90 Å². The van der Waals surface area contributed by atoms with Gasteiger partial charge in [-0.1, -0.05) is 33.1 Å². The molecule has 0 radical (unpaired) electrons. The van der Waals surface area contributed by atoms with Crippen molar-refractivity contribution in [3.05, 3.63) is 16.1 Å². The second kappa shape index (κ2) is 9.15. The van der Waals surface area contributed by atoms with E-state index in [2.05, 4.69) is 24.1 Å². The number of thiazole rings is 1. The molecule has 2 aliphatic rings. The molecule has 6 nitrogen and oxygen atoms in total. The third-order valence-corrected chi connectivity index (χ3v) is 6.57. The number of aromatic nitrogens is 1. The summed E-state index contributed by atoms with van der Waals surface area (Å²) in [6.45, 7) is 6.10. The molecule has 1 aliphatic heterocycles. The predicted octanol–water partition coefficient (Wildman–Crippen LogP) is 3.05. The summed E-state index contributed by atoms with van der Waals surface area (Å²) < 4.78 is 5.50. The van der Waals surface area contributed by atoms with E-state index < -0.39 is 0 Å². The Morgan fingerprint density at radius 3 is 2.63 bits per heavy atom. The Balaban J connectivity index is 1.44. The van der Waals surface area contributed by atoms with Gasteiger partial charge in [0.15, 0.2) is 0 Å². The molecule has 0 bridgehead atoms. The highest BCUT2D eigenvalue weighted by Gasteiger charge is 2.35. The van der Waals surface area contributed by atoms with Crippen LogP contribution in [-0.2, 0) is 9.53 Å². The fourth-order valence-corrected chi connectivity index (χ4v) is 5.04. The maximum absolute atomic E-state index is 12.6. The van der Waals surface area contributed by atoms with Gasteiger partial charge in [-0.3, -0.25) is 9.59 Å². The van der Waals surface area contributed by atoms with Crippen molar-refractivity contribution in [2.45, 2.75) is 58.0 Å². The van der Waals surface area contributed by atoms with Gasteiger partial charge in [-0.05, 0) is 24.7 Å². The number of hydrogen-bond acceptors (Lipinski definition) is 5. The number of carbonyl (C=O) groups is 2. The fraction of sp³-hybridized carbons (Fsp3) is 0.750. The summed E-state index contributed by atoms with van der Waals surface area (Å²) >= 11 is 1.42. The average Bonchev–Trinajstić information content (AvgIpc) is 3.12. The van der Waals surface area contributed by atoms with Gasteiger partial charge in [-0.2, -0.15) is 0 Å². The van der Waals surface area contributed by atoms with E-state index in [-0.39, 0.29) is 23.8 Å². The number of rotatable bonds is 7. The lowest BCUT2D eigenvalue weighted by molar-refractivity contribution is -0.135. The van der Waals surface area contributed by atoms with E-state index in [0.717, 1.165) is 23.4 Å². The Morgan fingerprint density at radius 1 is 1.30 bits per heavy atom. The molecule has 1 unspecified atom stereocenters. The normalized spacial score (nSPS) is 19.8. The smallest absolute Gasteiger partial charge is 0.265 e. The highest BCUT2D eigenvalue weighted by Crippen LogP contribution is 2.29. The molecule has 1 N–H and O–H groups in total. The molecule has 1 saturated heterocycles. The molecule has 7 heteroatoms. The minimum atomic E-state index is -0.339. The molecular weight excluding hydrogens is 362 g/mol. The Morgan fingerprint density at radius 2 is 2.00 bits per heavy atom. The van der Waals surface area contributed by atoms with Crippen LogP contribution in [0, 0.1) is 11.8 Å². The zero-order valence-electron chi connectivity index (χ0n) is 16.6. The van der Waals surface area contributed by atoms with Crippen LogP contribution in [0.2, 0.25) is 0 Å². The summed E-state index contributed by atoms with van der Waals surface area (Å²) in [6.07, 6.45) is 5.45. The third kappa shape index (κ3) is 4.69. The molecule has 2 fully saturated rings. The van der Waals surface area contributed by atoms with Gasteiger partial charge in [0.05, 0.1) is 11.2 Å². The van der Waals surface area contributed by atoms with E-state index in [1.54, 1.807) is 12.6 Å². The van der Waals surface area contributed by atoms with Crippen LogP contribution in [0.5, 0.6) is 0 Å². The molecule has 0 spiro atoms. The van der Waals surface area contributed by atoms with E-state index in [0.29, 0.717) is 31.5 Å². The van der Waals surface area contributed by atoms with Crippen molar-refractivity contribution in [2.24, 2.45) is 11.8 Å². The molecular formula is C20H31N3O3S. The number of nitrogens with one attached hydrogen (secondary N) is 1. The molecule has 150 valence electrons. The molecule has 2 amide bonds. The van der Waals surface area contributed by atoms with E-state index in [9.17, 15) is 9.59 Å². The minimum Gasteiger partial charge on any atom is -0.371 e. The highest BCUT2D eigenvalue weighted by molar-refractivity contribution is 7.11. The quantitative estimate of drug-likeness (QED) is 0.773. The Kier molecular flexibility index (Phi) is 6.87. The van der Waals surface area contributed by atoms with E-state index in [1.165, 1.54) is 30.6 Å². The summed E-state index contributed by atoms with van der Waals surface area (Å²) in [5.74, 6) is 0.970. The molecule has 1 atom stereocenters. The van der Waals surface area contributed by atoms with Crippen LogP contribution in [0.15, 0.2) is 5.51 Å². The number of nitrogens with zero attached hydrogens (tertiary/aromatic N) is 2. The molecule has 27 heavy (non-hydrogen) atoms. The fourth-order valence-electron chi connectivity index (χ4n) is 4.13. The van der Waals surface area contributed by atoms with Gasteiger partial charge in [-0.25, -0.2) is 4.98 Å². The van der Waals surface area contributed by atoms with E-state index in [4.69, 9.17) is 4.74 Å². The largest absolute Gasteiger partial charge is 0.371 e. The second-order valence-electron chi connectivity index (χ2n) is 8.10. The summed E-state index contributed by atoms with van der Waals surface area (Å²) in [5, 5.41) is 3.05. The van der Waals surface area contributed by atoms with Crippen molar-refractivity contribution in [1.29, 1.82) is 0 Å². The first-order chi connectivity index (χ1) is 13.0. The van der Waals surface area contributed by atoms with Gasteiger partial charge in [0.25, 0.3) is 5.91 Å². The maximum Gasteiger partial charge on any atom is 0.265 e. The average molecular weight is 394 g/mol. The summed E-state index contributed by atoms with van der Waals surface area (Å²) in [4.78, 5) is 32.1. The van der Waals surface area contributed by atoms with Gasteiger partial charge < -0.3 is 15.0 Å². The lowest BCUT2D eigenvalue weighted by Gasteiger charge is -2.39. The minimum absolute atomic E-state index is 0.00118. The maximum atomic E-state index is 12.6. The van der Waals surface area contributed by atoms with Crippen LogP contribution in [0.1, 0.15) is 67.2 Å². The number of ether oxygens (including phenoxy) is 1. The van der Waals surface area contributed by atoms with Gasteiger partial charge in [0.2, 0.25) is 5.91 Å². The highest BCUT2D eigenvalue weighted by atomic mass is 32.1. The van der Waals surface area contributed by atoms with Crippen molar-refractivity contribution >= 4 is 23.2 Å². The Bertz CT molecular complexity index is 649. The van der Waals surface area contributed by atoms with Crippen LogP contribution in [0.4, 0.5) is 0 Å².